The Labute approximate surface area is 122 Å². The number of aliphatic carboxylic acids is 1. The molecular weight excluding hydrogens is 272 g/mol. The van der Waals surface area contributed by atoms with Crippen LogP contribution < -0.4 is 0 Å². The zero-order valence-electron chi connectivity index (χ0n) is 10.8. The fourth-order valence-electron chi connectivity index (χ4n) is 2.73. The fraction of sp³-hybridized carbons (Fsp3) is 0.118. The van der Waals surface area contributed by atoms with Gasteiger partial charge in [0.05, 0.1) is 0 Å². The summed E-state index contributed by atoms with van der Waals surface area (Å²) in [6, 6.07) is 13.6. The van der Waals surface area contributed by atoms with Gasteiger partial charge in [-0.2, -0.15) is 0 Å². The zero-order valence-corrected chi connectivity index (χ0v) is 11.5. The third kappa shape index (κ3) is 2.35. The highest BCUT2D eigenvalue weighted by Crippen LogP contribution is 2.34. The fourth-order valence-corrected chi connectivity index (χ4v) is 2.92. The molecule has 0 saturated heterocycles. The predicted molar refractivity (Wildman–Crippen MR) is 80.0 cm³/mol. The largest absolute Gasteiger partial charge is 0.478 e. The summed E-state index contributed by atoms with van der Waals surface area (Å²) in [5.74, 6) is -0.933. The second-order valence-corrected chi connectivity index (χ2v) is 5.29. The average Bonchev–Trinajstić information content (AvgIpc) is 2.57. The Morgan fingerprint density at radius 2 is 1.75 bits per heavy atom. The average molecular weight is 285 g/mol. The molecule has 2 aromatic rings. The smallest absolute Gasteiger partial charge is 0.328 e. The Hall–Kier alpha value is -2.06. The quantitative estimate of drug-likeness (QED) is 0.805. The van der Waals surface area contributed by atoms with Gasteiger partial charge >= 0.3 is 5.97 Å². The first kappa shape index (κ1) is 12.9. The topological polar surface area (TPSA) is 37.3 Å². The van der Waals surface area contributed by atoms with Crippen molar-refractivity contribution in [2.45, 2.75) is 12.8 Å². The van der Waals surface area contributed by atoms with Gasteiger partial charge in [0.25, 0.3) is 0 Å². The minimum absolute atomic E-state index is 0.685. The maximum atomic E-state index is 11.2. The van der Waals surface area contributed by atoms with Crippen LogP contribution in [0.1, 0.15) is 22.3 Å². The van der Waals surface area contributed by atoms with Crippen LogP contribution in [0.5, 0.6) is 0 Å². The van der Waals surface area contributed by atoms with Crippen molar-refractivity contribution in [2.75, 3.05) is 0 Å². The van der Waals surface area contributed by atoms with Crippen LogP contribution in [0.25, 0.3) is 5.57 Å². The van der Waals surface area contributed by atoms with Gasteiger partial charge in [0.1, 0.15) is 0 Å². The molecule has 100 valence electrons. The SMILES string of the molecule is O=C(O)/C=C1\c2ccccc2CCc2cc(Cl)ccc21. The van der Waals surface area contributed by atoms with Crippen LogP contribution in [-0.2, 0) is 17.6 Å². The van der Waals surface area contributed by atoms with Crippen molar-refractivity contribution in [3.8, 4) is 0 Å². The second kappa shape index (κ2) is 5.14. The molecule has 3 heteroatoms. The van der Waals surface area contributed by atoms with Gasteiger partial charge in [0.2, 0.25) is 0 Å². The van der Waals surface area contributed by atoms with Crippen LogP contribution in [0, 0.1) is 0 Å². The van der Waals surface area contributed by atoms with E-state index in [1.54, 1.807) is 0 Å². The molecule has 0 aromatic heterocycles. The molecule has 2 nitrogen and oxygen atoms in total. The van der Waals surface area contributed by atoms with Crippen molar-refractivity contribution in [3.63, 3.8) is 0 Å². The molecule has 1 aliphatic carbocycles. The van der Waals surface area contributed by atoms with E-state index in [0.717, 1.165) is 35.1 Å². The molecule has 20 heavy (non-hydrogen) atoms. The lowest BCUT2D eigenvalue weighted by Gasteiger charge is -2.11. The predicted octanol–water partition coefficient (Wildman–Crippen LogP) is 3.95. The van der Waals surface area contributed by atoms with E-state index in [1.807, 2.05) is 36.4 Å². The number of carboxylic acid groups (broad SMARTS) is 1. The summed E-state index contributed by atoms with van der Waals surface area (Å²) in [4.78, 5) is 11.2. The minimum atomic E-state index is -0.933. The Kier molecular flexibility index (Phi) is 3.33. The van der Waals surface area contributed by atoms with E-state index >= 15 is 0 Å². The molecule has 0 unspecified atom stereocenters. The van der Waals surface area contributed by atoms with Crippen LogP contribution >= 0.6 is 11.6 Å². The molecule has 1 N–H and O–H groups in total. The van der Waals surface area contributed by atoms with Crippen molar-refractivity contribution in [1.82, 2.24) is 0 Å². The first-order valence-electron chi connectivity index (χ1n) is 6.47. The van der Waals surface area contributed by atoms with E-state index in [1.165, 1.54) is 11.6 Å². The first-order chi connectivity index (χ1) is 9.65. The van der Waals surface area contributed by atoms with E-state index in [-0.39, 0.29) is 0 Å². The standard InChI is InChI=1S/C17H13ClO2/c18-13-7-8-15-12(9-13)6-5-11-3-1-2-4-14(11)16(15)10-17(19)20/h1-4,7-10H,5-6H2,(H,19,20)/b16-10+. The number of hydrogen-bond acceptors (Lipinski definition) is 1. The lowest BCUT2D eigenvalue weighted by atomic mass is 9.94. The highest BCUT2D eigenvalue weighted by Gasteiger charge is 2.18. The van der Waals surface area contributed by atoms with Crippen molar-refractivity contribution in [3.05, 3.63) is 75.8 Å². The summed E-state index contributed by atoms with van der Waals surface area (Å²) >= 11 is 6.06. The highest BCUT2D eigenvalue weighted by molar-refractivity contribution is 6.30. The number of fused-ring (bicyclic) bond motifs is 2. The first-order valence-corrected chi connectivity index (χ1v) is 6.84. The Morgan fingerprint density at radius 3 is 2.55 bits per heavy atom. The van der Waals surface area contributed by atoms with Crippen LogP contribution in [0.15, 0.2) is 48.5 Å². The van der Waals surface area contributed by atoms with Gasteiger partial charge in [-0.3, -0.25) is 0 Å². The molecule has 0 fully saturated rings. The van der Waals surface area contributed by atoms with Crippen molar-refractivity contribution >= 4 is 23.1 Å². The molecule has 0 bridgehead atoms. The van der Waals surface area contributed by atoms with Crippen LogP contribution in [0.3, 0.4) is 0 Å². The summed E-state index contributed by atoms with van der Waals surface area (Å²) in [5, 5.41) is 9.85. The van der Waals surface area contributed by atoms with Gasteiger partial charge in [0.15, 0.2) is 0 Å². The zero-order chi connectivity index (χ0) is 14.1. The van der Waals surface area contributed by atoms with E-state index in [9.17, 15) is 4.79 Å². The molecule has 0 saturated carbocycles. The molecule has 1 aliphatic rings. The van der Waals surface area contributed by atoms with Gasteiger partial charge in [-0.05, 0) is 52.8 Å². The molecule has 0 heterocycles. The molecule has 0 amide bonds. The van der Waals surface area contributed by atoms with E-state index < -0.39 is 5.97 Å². The minimum Gasteiger partial charge on any atom is -0.478 e. The third-order valence-electron chi connectivity index (χ3n) is 3.60. The van der Waals surface area contributed by atoms with Crippen LogP contribution in [-0.4, -0.2) is 11.1 Å². The highest BCUT2D eigenvalue weighted by atomic mass is 35.5. The summed E-state index contributed by atoms with van der Waals surface area (Å²) in [6.45, 7) is 0. The van der Waals surface area contributed by atoms with Crippen molar-refractivity contribution < 1.29 is 9.90 Å². The third-order valence-corrected chi connectivity index (χ3v) is 3.83. The number of carboxylic acids is 1. The van der Waals surface area contributed by atoms with Crippen LogP contribution in [0.4, 0.5) is 0 Å². The molecule has 2 aromatic carbocycles. The normalized spacial score (nSPS) is 15.3. The van der Waals surface area contributed by atoms with E-state index in [0.29, 0.717) is 5.02 Å². The molecule has 3 rings (SSSR count). The number of hydrogen-bond donors (Lipinski definition) is 1. The summed E-state index contributed by atoms with van der Waals surface area (Å²) in [6.07, 6.45) is 3.04. The van der Waals surface area contributed by atoms with Crippen molar-refractivity contribution in [2.24, 2.45) is 0 Å². The van der Waals surface area contributed by atoms with Crippen LogP contribution in [0.2, 0.25) is 5.02 Å². The summed E-state index contributed by atoms with van der Waals surface area (Å²) < 4.78 is 0. The summed E-state index contributed by atoms with van der Waals surface area (Å²) in [5.41, 5.74) is 4.99. The molecule has 0 spiro atoms. The second-order valence-electron chi connectivity index (χ2n) is 4.85. The number of halogens is 1. The summed E-state index contributed by atoms with van der Waals surface area (Å²) in [7, 11) is 0. The van der Waals surface area contributed by atoms with Gasteiger partial charge in [0, 0.05) is 11.1 Å². The Morgan fingerprint density at radius 1 is 1.05 bits per heavy atom. The van der Waals surface area contributed by atoms with Gasteiger partial charge in [-0.25, -0.2) is 4.79 Å². The van der Waals surface area contributed by atoms with Gasteiger partial charge < -0.3 is 5.11 Å². The maximum Gasteiger partial charge on any atom is 0.328 e. The lowest BCUT2D eigenvalue weighted by Crippen LogP contribution is -1.97. The van der Waals surface area contributed by atoms with Gasteiger partial charge in [-0.15, -0.1) is 0 Å². The monoisotopic (exact) mass is 284 g/mol. The maximum absolute atomic E-state index is 11.2. The van der Waals surface area contributed by atoms with Crippen molar-refractivity contribution in [1.29, 1.82) is 0 Å². The number of rotatable bonds is 1. The number of carbonyl (C=O) groups is 1. The molecule has 0 aliphatic heterocycles. The Bertz CT molecular complexity index is 717. The molecular formula is C17H13ClO2. The number of benzene rings is 2. The van der Waals surface area contributed by atoms with E-state index in [2.05, 4.69) is 6.07 Å². The molecule has 0 radical (unpaired) electrons. The molecule has 0 atom stereocenters. The lowest BCUT2D eigenvalue weighted by molar-refractivity contribution is -0.131. The van der Waals surface area contributed by atoms with Gasteiger partial charge in [-0.1, -0.05) is 41.9 Å². The number of aryl methyl sites for hydroxylation is 2. The Balaban J connectivity index is 2.28. The van der Waals surface area contributed by atoms with E-state index in [4.69, 9.17) is 16.7 Å².